The van der Waals surface area contributed by atoms with Crippen LogP contribution in [-0.4, -0.2) is 96.9 Å². The maximum Gasteiger partial charge on any atom is 0.416 e. The summed E-state index contributed by atoms with van der Waals surface area (Å²) >= 11 is 0. The molecule has 12 nitrogen and oxygen atoms in total. The Morgan fingerprint density at radius 1 is 0.812 bits per heavy atom. The molecular formula is C30H39F6N7O5. The van der Waals surface area contributed by atoms with Crippen molar-refractivity contribution in [3.05, 3.63) is 70.8 Å². The van der Waals surface area contributed by atoms with Crippen molar-refractivity contribution in [2.24, 2.45) is 17.2 Å². The van der Waals surface area contributed by atoms with Crippen LogP contribution < -0.4 is 27.8 Å². The third kappa shape index (κ3) is 11.8. The number of hydrogen-bond donors (Lipinski definition) is 6. The number of nitrogens with one attached hydrogen (secondary N) is 2. The smallest absolute Gasteiger partial charge is 0.386 e. The summed E-state index contributed by atoms with van der Waals surface area (Å²) in [6.07, 6.45) is -11.5. The zero-order valence-corrected chi connectivity index (χ0v) is 26.0. The highest BCUT2D eigenvalue weighted by atomic mass is 19.4. The number of amides is 4. The van der Waals surface area contributed by atoms with E-state index in [1.165, 1.54) is 11.9 Å². The van der Waals surface area contributed by atoms with Gasteiger partial charge in [-0.25, -0.2) is 0 Å². The predicted octanol–water partition coefficient (Wildman–Crippen LogP) is 0.984. The summed E-state index contributed by atoms with van der Waals surface area (Å²) in [6.45, 7) is 0.388. The Hall–Kier alpha value is -4.26. The van der Waals surface area contributed by atoms with Gasteiger partial charge in [0.25, 0.3) is 5.91 Å². The molecular weight excluding hydrogens is 652 g/mol. The number of benzene rings is 2. The Balaban J connectivity index is 2.14. The predicted molar refractivity (Wildman–Crippen MR) is 162 cm³/mol. The molecule has 0 unspecified atom stereocenters. The molecule has 0 spiro atoms. The number of nitrogens with zero attached hydrogens (tertiary/aromatic N) is 2. The third-order valence-electron chi connectivity index (χ3n) is 7.18. The molecule has 0 aliphatic carbocycles. The average Bonchev–Trinajstić information content (AvgIpc) is 3.04. The minimum Gasteiger partial charge on any atom is -0.386 e. The molecule has 2 rings (SSSR count). The first-order chi connectivity index (χ1) is 22.4. The molecule has 4 amide bonds. The Morgan fingerprint density at radius 3 is 1.79 bits per heavy atom. The molecule has 3 atom stereocenters. The summed E-state index contributed by atoms with van der Waals surface area (Å²) in [5, 5.41) is 15.7. The second-order valence-electron chi connectivity index (χ2n) is 10.7. The minimum atomic E-state index is -4.67. The summed E-state index contributed by atoms with van der Waals surface area (Å²) in [4.78, 5) is 53.8. The Morgan fingerprint density at radius 2 is 1.31 bits per heavy atom. The lowest BCUT2D eigenvalue weighted by Crippen LogP contribution is -2.55. The van der Waals surface area contributed by atoms with Crippen molar-refractivity contribution in [1.82, 2.24) is 20.4 Å². The van der Waals surface area contributed by atoms with Gasteiger partial charge in [0.15, 0.2) is 0 Å². The second kappa shape index (κ2) is 17.8. The van der Waals surface area contributed by atoms with Crippen LogP contribution in [0.5, 0.6) is 0 Å². The van der Waals surface area contributed by atoms with Crippen molar-refractivity contribution in [2.45, 2.75) is 43.4 Å². The lowest BCUT2D eigenvalue weighted by molar-refractivity contribution is -0.138. The molecule has 0 aromatic heterocycles. The van der Waals surface area contributed by atoms with E-state index in [0.29, 0.717) is 12.1 Å². The standard InChI is InChI=1S/C30H39F6N7O5/c1-42(28(48)19-4-8-21(9-5-19)30(34,35)36)17-14-40-27(47)24(25(45)18-2-6-20(7-3-18)29(31,32)33)41-26(46)22(39)10-11-23(44)43(15-12-37)16-13-38/h2-9,22,24-25,45H,10-17,37-39H2,1H3,(H,40,47)(H,41,46)/t22-,24-,25+/m0/s1. The topological polar surface area (TPSA) is 197 Å². The van der Waals surface area contributed by atoms with Gasteiger partial charge in [0.2, 0.25) is 17.7 Å². The monoisotopic (exact) mass is 691 g/mol. The molecule has 2 aromatic carbocycles. The molecule has 0 radical (unpaired) electrons. The van der Waals surface area contributed by atoms with Gasteiger partial charge in [0.1, 0.15) is 12.1 Å². The fourth-order valence-corrected chi connectivity index (χ4v) is 4.43. The Bertz CT molecular complexity index is 1370. The van der Waals surface area contributed by atoms with Gasteiger partial charge in [0, 0.05) is 58.3 Å². The lowest BCUT2D eigenvalue weighted by atomic mass is 9.99. The molecule has 0 heterocycles. The van der Waals surface area contributed by atoms with Gasteiger partial charge < -0.3 is 42.7 Å². The van der Waals surface area contributed by atoms with Gasteiger partial charge in [-0.2, -0.15) is 26.3 Å². The van der Waals surface area contributed by atoms with Crippen LogP contribution in [0, 0.1) is 0 Å². The number of rotatable bonds is 16. The van der Waals surface area contributed by atoms with E-state index in [0.717, 1.165) is 41.3 Å². The molecule has 2 aromatic rings. The molecule has 0 fully saturated rings. The number of nitrogens with two attached hydrogens (primary N) is 3. The van der Waals surface area contributed by atoms with Crippen LogP contribution in [0.3, 0.4) is 0 Å². The molecule has 266 valence electrons. The quantitative estimate of drug-likeness (QED) is 0.140. The largest absolute Gasteiger partial charge is 0.416 e. The number of aliphatic hydroxyl groups is 1. The SMILES string of the molecule is CN(CCNC(=O)[C@@H](NC(=O)[C@@H](N)CCC(=O)N(CCN)CCN)[C@H](O)c1ccc(C(F)(F)F)cc1)C(=O)c1ccc(C(F)(F)F)cc1. The first-order valence-corrected chi connectivity index (χ1v) is 14.7. The van der Waals surface area contributed by atoms with E-state index in [9.17, 15) is 50.6 Å². The van der Waals surface area contributed by atoms with Crippen LogP contribution in [0.15, 0.2) is 48.5 Å². The number of likely N-dealkylation sites (N-methyl/N-ethyl adjacent to an activating group) is 1. The van der Waals surface area contributed by atoms with Gasteiger partial charge in [-0.3, -0.25) is 19.2 Å². The van der Waals surface area contributed by atoms with E-state index in [2.05, 4.69) is 10.6 Å². The maximum atomic E-state index is 13.2. The van der Waals surface area contributed by atoms with Crippen molar-refractivity contribution in [3.8, 4) is 0 Å². The molecule has 18 heteroatoms. The highest BCUT2D eigenvalue weighted by molar-refractivity contribution is 5.94. The number of aliphatic hydroxyl groups excluding tert-OH is 1. The third-order valence-corrected chi connectivity index (χ3v) is 7.18. The highest BCUT2D eigenvalue weighted by Crippen LogP contribution is 2.31. The summed E-state index contributed by atoms with van der Waals surface area (Å²) in [6, 6.07) is 3.59. The van der Waals surface area contributed by atoms with E-state index in [1.807, 2.05) is 0 Å². The van der Waals surface area contributed by atoms with Crippen LogP contribution >= 0.6 is 0 Å². The molecule has 0 saturated carbocycles. The minimum absolute atomic E-state index is 0.0543. The second-order valence-corrected chi connectivity index (χ2v) is 10.7. The number of carbonyl (C=O) groups excluding carboxylic acids is 4. The van der Waals surface area contributed by atoms with Gasteiger partial charge in [-0.05, 0) is 48.4 Å². The number of alkyl halides is 6. The van der Waals surface area contributed by atoms with E-state index in [4.69, 9.17) is 17.2 Å². The van der Waals surface area contributed by atoms with E-state index in [1.54, 1.807) is 0 Å². The summed E-state index contributed by atoms with van der Waals surface area (Å²) in [5.74, 6) is -2.98. The van der Waals surface area contributed by atoms with Gasteiger partial charge in [-0.1, -0.05) is 12.1 Å². The number of carbonyl (C=O) groups is 4. The fraction of sp³-hybridized carbons (Fsp3) is 0.467. The summed E-state index contributed by atoms with van der Waals surface area (Å²) in [7, 11) is 1.32. The van der Waals surface area contributed by atoms with Crippen LogP contribution in [0.2, 0.25) is 0 Å². The molecule has 48 heavy (non-hydrogen) atoms. The summed E-state index contributed by atoms with van der Waals surface area (Å²) < 4.78 is 77.7. The van der Waals surface area contributed by atoms with E-state index in [-0.39, 0.29) is 69.1 Å². The number of hydrogen-bond acceptors (Lipinski definition) is 8. The van der Waals surface area contributed by atoms with Gasteiger partial charge >= 0.3 is 12.4 Å². The first kappa shape index (κ1) is 39.9. The van der Waals surface area contributed by atoms with Crippen LogP contribution in [-0.2, 0) is 26.7 Å². The van der Waals surface area contributed by atoms with Gasteiger partial charge in [-0.15, -0.1) is 0 Å². The van der Waals surface area contributed by atoms with Crippen molar-refractivity contribution >= 4 is 23.6 Å². The van der Waals surface area contributed by atoms with Crippen molar-refractivity contribution in [2.75, 3.05) is 46.3 Å². The van der Waals surface area contributed by atoms with E-state index >= 15 is 0 Å². The summed E-state index contributed by atoms with van der Waals surface area (Å²) in [5.41, 5.74) is 14.8. The Labute approximate surface area is 272 Å². The zero-order chi connectivity index (χ0) is 36.2. The van der Waals surface area contributed by atoms with Gasteiger partial charge in [0.05, 0.1) is 17.2 Å². The van der Waals surface area contributed by atoms with Crippen molar-refractivity contribution in [1.29, 1.82) is 0 Å². The highest BCUT2D eigenvalue weighted by Gasteiger charge is 2.34. The molecule has 0 aliphatic rings. The van der Waals surface area contributed by atoms with E-state index < -0.39 is 59.4 Å². The lowest BCUT2D eigenvalue weighted by Gasteiger charge is -2.26. The number of halogens is 6. The average molecular weight is 692 g/mol. The molecule has 9 N–H and O–H groups in total. The maximum absolute atomic E-state index is 13.2. The first-order valence-electron chi connectivity index (χ1n) is 14.7. The van der Waals surface area contributed by atoms with Crippen LogP contribution in [0.25, 0.3) is 0 Å². The van der Waals surface area contributed by atoms with Crippen LogP contribution in [0.4, 0.5) is 26.3 Å². The van der Waals surface area contributed by atoms with Crippen molar-refractivity contribution < 1.29 is 50.6 Å². The van der Waals surface area contributed by atoms with Crippen LogP contribution in [0.1, 0.15) is 46.0 Å². The normalized spacial score (nSPS) is 13.6. The fourth-order valence-electron chi connectivity index (χ4n) is 4.43. The zero-order valence-electron chi connectivity index (χ0n) is 26.0. The molecule has 0 aliphatic heterocycles. The molecule has 0 saturated heterocycles. The molecule has 0 bridgehead atoms. The van der Waals surface area contributed by atoms with Crippen molar-refractivity contribution in [3.63, 3.8) is 0 Å². The Kier molecular flexibility index (Phi) is 14.8.